The number of para-hydroxylation sites is 2. The number of hydrogen-bond acceptors (Lipinski definition) is 2. The highest BCUT2D eigenvalue weighted by atomic mass is 19.1. The molecule has 3 aromatic rings. The van der Waals surface area contributed by atoms with Gasteiger partial charge in [-0.15, -0.1) is 0 Å². The maximum absolute atomic E-state index is 13.1. The van der Waals surface area contributed by atoms with Crippen LogP contribution < -0.4 is 4.90 Å². The van der Waals surface area contributed by atoms with Crippen molar-refractivity contribution < 1.29 is 4.39 Å². The lowest BCUT2D eigenvalue weighted by Gasteiger charge is -2.18. The minimum absolute atomic E-state index is 0.195. The third kappa shape index (κ3) is 2.34. The van der Waals surface area contributed by atoms with Gasteiger partial charge in [0.05, 0.1) is 17.6 Å². The average molecular weight is 295 g/mol. The van der Waals surface area contributed by atoms with Crippen LogP contribution in [0.2, 0.25) is 0 Å². The molecule has 0 N–H and O–H groups in total. The molecule has 4 heteroatoms. The molecule has 0 spiro atoms. The number of aromatic nitrogens is 2. The molecule has 2 aromatic carbocycles. The summed E-state index contributed by atoms with van der Waals surface area (Å²) < 4.78 is 15.4. The molecule has 2 heterocycles. The molecule has 0 radical (unpaired) electrons. The molecule has 3 nitrogen and oxygen atoms in total. The van der Waals surface area contributed by atoms with Crippen molar-refractivity contribution in [1.29, 1.82) is 0 Å². The van der Waals surface area contributed by atoms with Crippen LogP contribution in [0.25, 0.3) is 11.0 Å². The molecular formula is C18H18FN3. The van der Waals surface area contributed by atoms with Crippen LogP contribution in [0.1, 0.15) is 18.4 Å². The third-order valence-electron chi connectivity index (χ3n) is 4.28. The zero-order valence-electron chi connectivity index (χ0n) is 12.4. The van der Waals surface area contributed by atoms with Gasteiger partial charge >= 0.3 is 0 Å². The van der Waals surface area contributed by atoms with Crippen LogP contribution in [0.4, 0.5) is 10.3 Å². The van der Waals surface area contributed by atoms with Gasteiger partial charge in [0, 0.05) is 13.1 Å². The van der Waals surface area contributed by atoms with Crippen LogP contribution in [0, 0.1) is 5.82 Å². The van der Waals surface area contributed by atoms with Gasteiger partial charge < -0.3 is 9.47 Å². The van der Waals surface area contributed by atoms with Crippen molar-refractivity contribution in [2.75, 3.05) is 18.0 Å². The smallest absolute Gasteiger partial charge is 0.206 e. The maximum atomic E-state index is 13.1. The van der Waals surface area contributed by atoms with Crippen LogP contribution in [0.15, 0.2) is 48.5 Å². The lowest BCUT2D eigenvalue weighted by atomic mass is 10.2. The Morgan fingerprint density at radius 1 is 0.955 bits per heavy atom. The molecule has 0 amide bonds. The number of hydrogen-bond donors (Lipinski definition) is 0. The van der Waals surface area contributed by atoms with E-state index in [0.29, 0.717) is 6.54 Å². The maximum Gasteiger partial charge on any atom is 0.206 e. The van der Waals surface area contributed by atoms with Gasteiger partial charge in [0.1, 0.15) is 5.82 Å². The predicted octanol–water partition coefficient (Wildman–Crippen LogP) is 3.82. The van der Waals surface area contributed by atoms with Gasteiger partial charge in [-0.05, 0) is 42.7 Å². The van der Waals surface area contributed by atoms with E-state index < -0.39 is 0 Å². The summed E-state index contributed by atoms with van der Waals surface area (Å²) in [6, 6.07) is 14.9. The van der Waals surface area contributed by atoms with E-state index >= 15 is 0 Å². The quantitative estimate of drug-likeness (QED) is 0.732. The summed E-state index contributed by atoms with van der Waals surface area (Å²) in [4.78, 5) is 7.17. The Morgan fingerprint density at radius 3 is 2.45 bits per heavy atom. The molecule has 1 fully saturated rings. The SMILES string of the molecule is Fc1ccc(Cn2c(N3CCCC3)nc3ccccc32)cc1. The van der Waals surface area contributed by atoms with Crippen LogP contribution in [0.5, 0.6) is 0 Å². The Bertz CT molecular complexity index is 786. The van der Waals surface area contributed by atoms with E-state index in [1.807, 2.05) is 24.3 Å². The normalized spacial score (nSPS) is 14.9. The van der Waals surface area contributed by atoms with Gasteiger partial charge in [-0.2, -0.15) is 0 Å². The van der Waals surface area contributed by atoms with Crippen molar-refractivity contribution in [3.05, 3.63) is 59.9 Å². The lowest BCUT2D eigenvalue weighted by Crippen LogP contribution is -2.22. The minimum Gasteiger partial charge on any atom is -0.342 e. The minimum atomic E-state index is -0.195. The number of nitrogens with zero attached hydrogens (tertiary/aromatic N) is 3. The highest BCUT2D eigenvalue weighted by molar-refractivity contribution is 5.79. The molecule has 0 aliphatic carbocycles. The Labute approximate surface area is 129 Å². The highest BCUT2D eigenvalue weighted by Crippen LogP contribution is 2.26. The van der Waals surface area contributed by atoms with Crippen LogP contribution in [0.3, 0.4) is 0 Å². The van der Waals surface area contributed by atoms with E-state index in [1.54, 1.807) is 0 Å². The number of halogens is 1. The Balaban J connectivity index is 1.79. The van der Waals surface area contributed by atoms with Crippen molar-refractivity contribution in [1.82, 2.24) is 9.55 Å². The molecular weight excluding hydrogens is 277 g/mol. The first-order valence-corrected chi connectivity index (χ1v) is 7.76. The molecule has 0 saturated carbocycles. The largest absolute Gasteiger partial charge is 0.342 e. The monoisotopic (exact) mass is 295 g/mol. The first-order valence-electron chi connectivity index (χ1n) is 7.76. The fourth-order valence-electron chi connectivity index (χ4n) is 3.15. The van der Waals surface area contributed by atoms with Crippen molar-refractivity contribution in [3.63, 3.8) is 0 Å². The summed E-state index contributed by atoms with van der Waals surface area (Å²) in [7, 11) is 0. The summed E-state index contributed by atoms with van der Waals surface area (Å²) in [6.07, 6.45) is 2.44. The number of benzene rings is 2. The molecule has 0 atom stereocenters. The second-order valence-corrected chi connectivity index (χ2v) is 5.81. The number of imidazole rings is 1. The Kier molecular flexibility index (Phi) is 3.29. The molecule has 1 saturated heterocycles. The van der Waals surface area contributed by atoms with Gasteiger partial charge in [0.25, 0.3) is 0 Å². The van der Waals surface area contributed by atoms with E-state index in [1.165, 1.54) is 25.0 Å². The molecule has 1 aromatic heterocycles. The van der Waals surface area contributed by atoms with Gasteiger partial charge in [0.15, 0.2) is 0 Å². The second kappa shape index (κ2) is 5.44. The molecule has 0 bridgehead atoms. The molecule has 22 heavy (non-hydrogen) atoms. The van der Waals surface area contributed by atoms with Crippen LogP contribution in [-0.4, -0.2) is 22.6 Å². The van der Waals surface area contributed by atoms with Gasteiger partial charge in [-0.1, -0.05) is 24.3 Å². The molecule has 1 aliphatic heterocycles. The zero-order chi connectivity index (χ0) is 14.9. The van der Waals surface area contributed by atoms with Gasteiger partial charge in [0.2, 0.25) is 5.95 Å². The van der Waals surface area contributed by atoms with E-state index in [-0.39, 0.29) is 5.82 Å². The summed E-state index contributed by atoms with van der Waals surface area (Å²) >= 11 is 0. The lowest BCUT2D eigenvalue weighted by molar-refractivity contribution is 0.626. The van der Waals surface area contributed by atoms with Crippen LogP contribution >= 0.6 is 0 Å². The van der Waals surface area contributed by atoms with Crippen molar-refractivity contribution in [2.24, 2.45) is 0 Å². The fraction of sp³-hybridized carbons (Fsp3) is 0.278. The molecule has 0 unspecified atom stereocenters. The Morgan fingerprint density at radius 2 is 1.68 bits per heavy atom. The van der Waals surface area contributed by atoms with E-state index in [2.05, 4.69) is 21.6 Å². The standard InChI is InChI=1S/C18H18FN3/c19-15-9-7-14(8-10-15)13-22-17-6-2-1-5-16(17)20-18(22)21-11-3-4-12-21/h1-2,5-10H,3-4,11-13H2. The van der Waals surface area contributed by atoms with E-state index in [9.17, 15) is 4.39 Å². The number of rotatable bonds is 3. The van der Waals surface area contributed by atoms with Crippen molar-refractivity contribution in [3.8, 4) is 0 Å². The van der Waals surface area contributed by atoms with Crippen molar-refractivity contribution in [2.45, 2.75) is 19.4 Å². The van der Waals surface area contributed by atoms with Crippen molar-refractivity contribution >= 4 is 17.0 Å². The van der Waals surface area contributed by atoms with E-state index in [4.69, 9.17) is 4.98 Å². The topological polar surface area (TPSA) is 21.1 Å². The Hall–Kier alpha value is -2.36. The summed E-state index contributed by atoms with van der Waals surface area (Å²) in [5.74, 6) is 0.835. The average Bonchev–Trinajstić information content (AvgIpc) is 3.18. The third-order valence-corrected chi connectivity index (χ3v) is 4.28. The number of anilines is 1. The van der Waals surface area contributed by atoms with E-state index in [0.717, 1.165) is 35.6 Å². The summed E-state index contributed by atoms with van der Waals surface area (Å²) in [5.41, 5.74) is 3.24. The zero-order valence-corrected chi connectivity index (χ0v) is 12.4. The van der Waals surface area contributed by atoms with Crippen LogP contribution in [-0.2, 0) is 6.54 Å². The highest BCUT2D eigenvalue weighted by Gasteiger charge is 2.20. The summed E-state index contributed by atoms with van der Waals surface area (Å²) in [6.45, 7) is 2.84. The van der Waals surface area contributed by atoms with Gasteiger partial charge in [-0.3, -0.25) is 0 Å². The fourth-order valence-corrected chi connectivity index (χ4v) is 3.15. The first kappa shape index (κ1) is 13.3. The first-order chi connectivity index (χ1) is 10.8. The number of fused-ring (bicyclic) bond motifs is 1. The second-order valence-electron chi connectivity index (χ2n) is 5.81. The molecule has 4 rings (SSSR count). The molecule has 1 aliphatic rings. The predicted molar refractivity (Wildman–Crippen MR) is 86.7 cm³/mol. The summed E-state index contributed by atoms with van der Waals surface area (Å²) in [5, 5.41) is 0. The molecule has 112 valence electrons. The van der Waals surface area contributed by atoms with Gasteiger partial charge in [-0.25, -0.2) is 9.37 Å².